The average Bonchev–Trinajstić information content (AvgIpc) is 3.43. The van der Waals surface area contributed by atoms with Crippen LogP contribution in [0.5, 0.6) is 5.75 Å². The third-order valence-corrected chi connectivity index (χ3v) is 6.47. The summed E-state index contributed by atoms with van der Waals surface area (Å²) in [6.07, 6.45) is 2.19. The van der Waals surface area contributed by atoms with Crippen LogP contribution in [-0.4, -0.2) is 38.8 Å². The second-order valence-corrected chi connectivity index (χ2v) is 8.71. The number of nitrogens with zero attached hydrogens (tertiary/aromatic N) is 4. The Morgan fingerprint density at radius 2 is 1.74 bits per heavy atom. The van der Waals surface area contributed by atoms with E-state index < -0.39 is 0 Å². The maximum atomic E-state index is 12.5. The maximum Gasteiger partial charge on any atom is 0.253 e. The fraction of sp³-hybridized carbons (Fsp3) is 0.348. The predicted molar refractivity (Wildman–Crippen MR) is 122 cm³/mol. The van der Waals surface area contributed by atoms with Crippen molar-refractivity contribution in [1.29, 1.82) is 0 Å². The molecule has 7 nitrogen and oxygen atoms in total. The van der Waals surface area contributed by atoms with Gasteiger partial charge in [0.25, 0.3) is 5.91 Å². The predicted octanol–water partition coefficient (Wildman–Crippen LogP) is 3.72. The molecule has 0 saturated carbocycles. The van der Waals surface area contributed by atoms with Crippen LogP contribution in [0.15, 0.2) is 47.6 Å². The Morgan fingerprint density at radius 1 is 1.06 bits per heavy atom. The van der Waals surface area contributed by atoms with E-state index in [1.54, 1.807) is 0 Å². The average molecular weight is 438 g/mol. The summed E-state index contributed by atoms with van der Waals surface area (Å²) in [5, 5.41) is 8.99. The molecule has 0 bridgehead atoms. The van der Waals surface area contributed by atoms with E-state index in [1.807, 2.05) is 61.2 Å². The Hall–Kier alpha value is -3.00. The number of benzene rings is 2. The summed E-state index contributed by atoms with van der Waals surface area (Å²) in [5.41, 5.74) is 3.98. The number of hydrogen-bond donors (Lipinski definition) is 1. The van der Waals surface area contributed by atoms with Gasteiger partial charge in [0, 0.05) is 24.4 Å². The van der Waals surface area contributed by atoms with Crippen molar-refractivity contribution in [2.75, 3.05) is 18.9 Å². The topological polar surface area (TPSA) is 86.3 Å². The van der Waals surface area contributed by atoms with Crippen LogP contribution < -0.4 is 10.6 Å². The first-order valence-corrected chi connectivity index (χ1v) is 11.4. The summed E-state index contributed by atoms with van der Waals surface area (Å²) < 4.78 is 7.42. The number of carbonyl (C=O) groups is 1. The molecule has 0 atom stereocenters. The molecule has 31 heavy (non-hydrogen) atoms. The van der Waals surface area contributed by atoms with Crippen LogP contribution >= 0.6 is 11.8 Å². The van der Waals surface area contributed by atoms with E-state index in [0.717, 1.165) is 53.9 Å². The third kappa shape index (κ3) is 4.85. The van der Waals surface area contributed by atoms with Crippen molar-refractivity contribution in [2.45, 2.75) is 44.2 Å². The lowest BCUT2D eigenvalue weighted by Gasteiger charge is -2.15. The van der Waals surface area contributed by atoms with Gasteiger partial charge in [-0.2, -0.15) is 0 Å². The Labute approximate surface area is 186 Å². The number of likely N-dealkylation sites (tertiary alicyclic amines) is 1. The van der Waals surface area contributed by atoms with Crippen molar-refractivity contribution in [3.8, 4) is 5.75 Å². The van der Waals surface area contributed by atoms with E-state index in [2.05, 4.69) is 10.2 Å². The minimum atomic E-state index is 0.118. The van der Waals surface area contributed by atoms with Gasteiger partial charge in [-0.25, -0.2) is 4.68 Å². The summed E-state index contributed by atoms with van der Waals surface area (Å²) in [4.78, 5) is 14.4. The van der Waals surface area contributed by atoms with Crippen LogP contribution in [0.3, 0.4) is 0 Å². The third-order valence-electron chi connectivity index (χ3n) is 5.45. The first-order valence-electron chi connectivity index (χ1n) is 10.4. The normalized spacial score (nSPS) is 13.5. The molecule has 0 radical (unpaired) electrons. The highest BCUT2D eigenvalue weighted by molar-refractivity contribution is 7.98. The smallest absolute Gasteiger partial charge is 0.253 e. The quantitative estimate of drug-likeness (QED) is 0.448. The SMILES string of the molecule is Cc1cccc(C)c1OCc1nnc(SCc2ccc(C(=O)N3CCCC3)cc2)n1N. The molecule has 1 aliphatic rings. The van der Waals surface area contributed by atoms with Gasteiger partial charge in [-0.15, -0.1) is 10.2 Å². The first kappa shape index (κ1) is 21.2. The van der Waals surface area contributed by atoms with Crippen LogP contribution in [0.1, 0.15) is 45.7 Å². The van der Waals surface area contributed by atoms with Gasteiger partial charge in [-0.05, 0) is 55.5 Å². The number of ether oxygens (including phenoxy) is 1. The van der Waals surface area contributed by atoms with E-state index in [9.17, 15) is 4.79 Å². The number of carbonyl (C=O) groups excluding carboxylic acids is 1. The number of nitrogens with two attached hydrogens (primary N) is 1. The first-order chi connectivity index (χ1) is 15.0. The van der Waals surface area contributed by atoms with Gasteiger partial charge in [0.05, 0.1) is 0 Å². The minimum Gasteiger partial charge on any atom is -0.485 e. The number of nitrogen functional groups attached to an aromatic ring is 1. The zero-order valence-electron chi connectivity index (χ0n) is 17.9. The number of aryl methyl sites for hydroxylation is 2. The van der Waals surface area contributed by atoms with Gasteiger partial charge < -0.3 is 15.5 Å². The van der Waals surface area contributed by atoms with Crippen molar-refractivity contribution in [1.82, 2.24) is 19.8 Å². The van der Waals surface area contributed by atoms with Gasteiger partial charge in [-0.3, -0.25) is 4.79 Å². The molecule has 2 heterocycles. The molecule has 1 aromatic heterocycles. The van der Waals surface area contributed by atoms with Crippen molar-refractivity contribution in [2.24, 2.45) is 0 Å². The van der Waals surface area contributed by atoms with Crippen LogP contribution in [-0.2, 0) is 12.4 Å². The molecular weight excluding hydrogens is 410 g/mol. The summed E-state index contributed by atoms with van der Waals surface area (Å²) in [5.74, 6) is 8.40. The van der Waals surface area contributed by atoms with Gasteiger partial charge in [-0.1, -0.05) is 42.1 Å². The Balaban J connectivity index is 1.34. The summed E-state index contributed by atoms with van der Waals surface area (Å²) >= 11 is 1.50. The molecule has 162 valence electrons. The largest absolute Gasteiger partial charge is 0.485 e. The van der Waals surface area contributed by atoms with Crippen molar-refractivity contribution >= 4 is 17.7 Å². The Bertz CT molecular complexity index is 1040. The van der Waals surface area contributed by atoms with E-state index in [0.29, 0.717) is 16.7 Å². The second kappa shape index (κ2) is 9.43. The monoisotopic (exact) mass is 437 g/mol. The van der Waals surface area contributed by atoms with Gasteiger partial charge >= 0.3 is 0 Å². The maximum absolute atomic E-state index is 12.5. The van der Waals surface area contributed by atoms with Gasteiger partial charge in [0.2, 0.25) is 5.16 Å². The Kier molecular flexibility index (Phi) is 6.46. The van der Waals surface area contributed by atoms with E-state index in [1.165, 1.54) is 16.4 Å². The standard InChI is InChI=1S/C23H27N5O2S/c1-16-6-5-7-17(2)21(16)30-14-20-25-26-23(28(20)24)31-15-18-8-10-19(11-9-18)22(29)27-12-3-4-13-27/h5-11H,3-4,12-15,24H2,1-2H3. The van der Waals surface area contributed by atoms with Crippen LogP contribution in [0.2, 0.25) is 0 Å². The number of amides is 1. The highest BCUT2D eigenvalue weighted by atomic mass is 32.2. The molecule has 1 saturated heterocycles. The second-order valence-electron chi connectivity index (χ2n) is 7.76. The summed E-state index contributed by atoms with van der Waals surface area (Å²) in [6.45, 7) is 6.00. The van der Waals surface area contributed by atoms with Crippen LogP contribution in [0, 0.1) is 13.8 Å². The van der Waals surface area contributed by atoms with E-state index >= 15 is 0 Å². The number of aromatic nitrogens is 3. The number of rotatable bonds is 7. The highest BCUT2D eigenvalue weighted by Crippen LogP contribution is 2.25. The number of hydrogen-bond acceptors (Lipinski definition) is 6. The van der Waals surface area contributed by atoms with Gasteiger partial charge in [0.1, 0.15) is 12.4 Å². The molecule has 2 N–H and O–H groups in total. The molecule has 2 aromatic carbocycles. The Morgan fingerprint density at radius 3 is 2.42 bits per heavy atom. The van der Waals surface area contributed by atoms with Gasteiger partial charge in [0.15, 0.2) is 5.82 Å². The molecule has 3 aromatic rings. The number of thioether (sulfide) groups is 1. The lowest BCUT2D eigenvalue weighted by molar-refractivity contribution is 0.0793. The van der Waals surface area contributed by atoms with Crippen LogP contribution in [0.25, 0.3) is 0 Å². The molecule has 8 heteroatoms. The van der Waals surface area contributed by atoms with Crippen molar-refractivity contribution < 1.29 is 9.53 Å². The molecule has 1 aliphatic heterocycles. The van der Waals surface area contributed by atoms with E-state index in [4.69, 9.17) is 10.6 Å². The number of para-hydroxylation sites is 1. The lowest BCUT2D eigenvalue weighted by atomic mass is 10.1. The highest BCUT2D eigenvalue weighted by Gasteiger charge is 2.19. The van der Waals surface area contributed by atoms with E-state index in [-0.39, 0.29) is 12.5 Å². The summed E-state index contributed by atoms with van der Waals surface area (Å²) in [7, 11) is 0. The zero-order chi connectivity index (χ0) is 21.8. The molecule has 1 fully saturated rings. The van der Waals surface area contributed by atoms with Crippen molar-refractivity contribution in [3.63, 3.8) is 0 Å². The van der Waals surface area contributed by atoms with Crippen LogP contribution in [0.4, 0.5) is 0 Å². The lowest BCUT2D eigenvalue weighted by Crippen LogP contribution is -2.27. The molecule has 1 amide bonds. The zero-order valence-corrected chi connectivity index (χ0v) is 18.7. The molecule has 0 spiro atoms. The summed E-state index contributed by atoms with van der Waals surface area (Å²) in [6, 6.07) is 13.8. The van der Waals surface area contributed by atoms with Crippen molar-refractivity contribution in [3.05, 3.63) is 70.5 Å². The molecule has 0 aliphatic carbocycles. The fourth-order valence-corrected chi connectivity index (χ4v) is 4.49. The molecular formula is C23H27N5O2S. The minimum absolute atomic E-state index is 0.118. The molecule has 0 unspecified atom stereocenters. The molecule has 4 rings (SSSR count). The fourth-order valence-electron chi connectivity index (χ4n) is 3.66.